The van der Waals surface area contributed by atoms with E-state index in [2.05, 4.69) is 22.9 Å². The Labute approximate surface area is 180 Å². The fourth-order valence-corrected chi connectivity index (χ4v) is 4.80. The summed E-state index contributed by atoms with van der Waals surface area (Å²) in [5.41, 5.74) is 9.82. The van der Waals surface area contributed by atoms with Crippen molar-refractivity contribution in [3.63, 3.8) is 0 Å². The first-order chi connectivity index (χ1) is 14.5. The number of rotatable bonds is 7. The maximum absolute atomic E-state index is 5.31. The van der Waals surface area contributed by atoms with Crippen LogP contribution < -0.4 is 0 Å². The van der Waals surface area contributed by atoms with Crippen molar-refractivity contribution in [2.45, 2.75) is 0 Å². The standard InChI is InChI=1S/C22H26O6Si2/c1-23-29(24-2,25-3)17-15-19-7-11-21(12-8-19)22-13-9-20(10-14-22)16-18-30(26-4,27-5)28-6/h7-14H,1-6H3. The van der Waals surface area contributed by atoms with Crippen LogP contribution in [0, 0.1) is 22.9 Å². The van der Waals surface area contributed by atoms with Gasteiger partial charge in [-0.15, -0.1) is 0 Å². The van der Waals surface area contributed by atoms with E-state index in [1.165, 1.54) is 42.7 Å². The van der Waals surface area contributed by atoms with Crippen LogP contribution in [0.3, 0.4) is 0 Å². The largest absolute Gasteiger partial charge is 0.591 e. The molecule has 30 heavy (non-hydrogen) atoms. The SMILES string of the molecule is CO[Si](C#Cc1ccc(-c2ccc(C#C[Si](OC)(OC)OC)cc2)cc1)(OC)OC. The van der Waals surface area contributed by atoms with Crippen LogP contribution >= 0.6 is 0 Å². The van der Waals surface area contributed by atoms with E-state index < -0.39 is 17.6 Å². The van der Waals surface area contributed by atoms with E-state index in [-0.39, 0.29) is 0 Å². The first kappa shape index (κ1) is 24.0. The van der Waals surface area contributed by atoms with Gasteiger partial charge in [-0.2, -0.15) is 0 Å². The van der Waals surface area contributed by atoms with Gasteiger partial charge in [-0.25, -0.2) is 0 Å². The van der Waals surface area contributed by atoms with E-state index >= 15 is 0 Å². The van der Waals surface area contributed by atoms with Gasteiger partial charge in [0, 0.05) is 53.8 Å². The third-order valence-corrected chi connectivity index (χ3v) is 8.52. The van der Waals surface area contributed by atoms with Gasteiger partial charge in [-0.3, -0.25) is 0 Å². The van der Waals surface area contributed by atoms with Crippen LogP contribution in [-0.2, 0) is 26.6 Å². The Balaban J connectivity index is 2.17. The highest BCUT2D eigenvalue weighted by Gasteiger charge is 2.37. The Hall–Kier alpha value is -2.25. The molecule has 0 N–H and O–H groups in total. The lowest BCUT2D eigenvalue weighted by Crippen LogP contribution is -2.41. The van der Waals surface area contributed by atoms with Gasteiger partial charge in [-0.1, -0.05) is 36.1 Å². The number of benzene rings is 2. The zero-order valence-corrected chi connectivity index (χ0v) is 20.1. The molecule has 0 aliphatic carbocycles. The smallest absolute Gasteiger partial charge is 0.367 e. The topological polar surface area (TPSA) is 55.4 Å². The summed E-state index contributed by atoms with van der Waals surface area (Å²) in [4.78, 5) is 0. The van der Waals surface area contributed by atoms with Gasteiger partial charge >= 0.3 is 17.6 Å². The van der Waals surface area contributed by atoms with Crippen molar-refractivity contribution in [1.29, 1.82) is 0 Å². The van der Waals surface area contributed by atoms with Gasteiger partial charge in [0.25, 0.3) is 0 Å². The summed E-state index contributed by atoms with van der Waals surface area (Å²) in [6, 6.07) is 15.9. The lowest BCUT2D eigenvalue weighted by molar-refractivity contribution is 0.141. The van der Waals surface area contributed by atoms with Crippen molar-refractivity contribution in [3.8, 4) is 34.1 Å². The molecule has 8 heteroatoms. The van der Waals surface area contributed by atoms with Crippen molar-refractivity contribution < 1.29 is 26.6 Å². The summed E-state index contributed by atoms with van der Waals surface area (Å²) in [5, 5.41) is 0. The molecule has 0 radical (unpaired) electrons. The van der Waals surface area contributed by atoms with Crippen LogP contribution in [-0.4, -0.2) is 60.3 Å². The number of hydrogen-bond donors (Lipinski definition) is 0. The predicted molar refractivity (Wildman–Crippen MR) is 119 cm³/mol. The summed E-state index contributed by atoms with van der Waals surface area (Å²) in [6.07, 6.45) is 0. The van der Waals surface area contributed by atoms with E-state index in [1.54, 1.807) is 0 Å². The highest BCUT2D eigenvalue weighted by molar-refractivity contribution is 6.70. The molecule has 2 rings (SSSR count). The van der Waals surface area contributed by atoms with E-state index in [0.717, 1.165) is 22.3 Å². The molecule has 0 atom stereocenters. The highest BCUT2D eigenvalue weighted by atomic mass is 28.4. The van der Waals surface area contributed by atoms with Crippen molar-refractivity contribution in [2.75, 3.05) is 42.7 Å². The summed E-state index contributed by atoms with van der Waals surface area (Å²) in [6.45, 7) is 0. The monoisotopic (exact) mass is 442 g/mol. The fourth-order valence-electron chi connectivity index (χ4n) is 2.60. The molecule has 2 aromatic rings. The molecule has 0 heterocycles. The Bertz CT molecular complexity index is 832. The third kappa shape index (κ3) is 5.89. The molecule has 0 unspecified atom stereocenters. The first-order valence-corrected chi connectivity index (χ1v) is 12.5. The Morgan fingerprint density at radius 1 is 0.467 bits per heavy atom. The zero-order valence-electron chi connectivity index (χ0n) is 18.1. The summed E-state index contributed by atoms with van der Waals surface area (Å²) < 4.78 is 31.9. The summed E-state index contributed by atoms with van der Waals surface area (Å²) in [7, 11) is 3.38. The van der Waals surface area contributed by atoms with Gasteiger partial charge in [0.05, 0.1) is 0 Å². The third-order valence-electron chi connectivity index (χ3n) is 4.44. The second kappa shape index (κ2) is 11.2. The van der Waals surface area contributed by atoms with E-state index in [4.69, 9.17) is 26.6 Å². The molecule has 2 aromatic carbocycles. The van der Waals surface area contributed by atoms with E-state index in [1.807, 2.05) is 48.5 Å². The average Bonchev–Trinajstić information content (AvgIpc) is 2.82. The molecule has 0 amide bonds. The molecule has 6 nitrogen and oxygen atoms in total. The predicted octanol–water partition coefficient (Wildman–Crippen LogP) is 2.89. The number of hydrogen-bond acceptors (Lipinski definition) is 6. The van der Waals surface area contributed by atoms with Gasteiger partial charge in [-0.05, 0) is 46.5 Å². The van der Waals surface area contributed by atoms with Crippen LogP contribution in [0.25, 0.3) is 11.1 Å². The second-order valence-electron chi connectivity index (χ2n) is 5.99. The minimum absolute atomic E-state index is 0.851. The molecule has 0 saturated carbocycles. The summed E-state index contributed by atoms with van der Waals surface area (Å²) >= 11 is 0. The molecule has 0 spiro atoms. The summed E-state index contributed by atoms with van der Waals surface area (Å²) in [5.74, 6) is 6.12. The Kier molecular flexibility index (Phi) is 8.99. The van der Waals surface area contributed by atoms with Crippen molar-refractivity contribution >= 4 is 17.6 Å². The first-order valence-electron chi connectivity index (χ1n) is 9.07. The molecule has 158 valence electrons. The fraction of sp³-hybridized carbons (Fsp3) is 0.273. The van der Waals surface area contributed by atoms with Crippen molar-refractivity contribution in [3.05, 3.63) is 59.7 Å². The maximum Gasteiger partial charge on any atom is 0.591 e. The molecule has 0 aliphatic rings. The molecule has 0 saturated heterocycles. The molecule has 0 fully saturated rings. The van der Waals surface area contributed by atoms with E-state index in [0.29, 0.717) is 0 Å². The molecule has 0 bridgehead atoms. The average molecular weight is 443 g/mol. The molecular formula is C22H26O6Si2. The van der Waals surface area contributed by atoms with Crippen LogP contribution in [0.2, 0.25) is 0 Å². The Morgan fingerprint density at radius 2 is 0.733 bits per heavy atom. The zero-order chi connectivity index (χ0) is 22.0. The van der Waals surface area contributed by atoms with Crippen LogP contribution in [0.4, 0.5) is 0 Å². The van der Waals surface area contributed by atoms with Gasteiger partial charge in [0.15, 0.2) is 0 Å². The van der Waals surface area contributed by atoms with Crippen LogP contribution in [0.5, 0.6) is 0 Å². The second-order valence-corrected chi connectivity index (χ2v) is 11.2. The molecule has 0 aliphatic heterocycles. The lowest BCUT2D eigenvalue weighted by Gasteiger charge is -2.17. The van der Waals surface area contributed by atoms with Crippen LogP contribution in [0.1, 0.15) is 11.1 Å². The quantitative estimate of drug-likeness (QED) is 0.486. The molecular weight excluding hydrogens is 416 g/mol. The van der Waals surface area contributed by atoms with Gasteiger partial charge in [0.2, 0.25) is 0 Å². The van der Waals surface area contributed by atoms with Gasteiger partial charge < -0.3 is 26.6 Å². The van der Waals surface area contributed by atoms with Crippen molar-refractivity contribution in [2.24, 2.45) is 0 Å². The normalized spacial score (nSPS) is 11.3. The van der Waals surface area contributed by atoms with E-state index in [9.17, 15) is 0 Å². The van der Waals surface area contributed by atoms with Crippen LogP contribution in [0.15, 0.2) is 48.5 Å². The highest BCUT2D eigenvalue weighted by Crippen LogP contribution is 2.20. The molecule has 0 aromatic heterocycles. The minimum Gasteiger partial charge on any atom is -0.367 e. The maximum atomic E-state index is 5.31. The lowest BCUT2D eigenvalue weighted by atomic mass is 10.0. The minimum atomic E-state index is -2.91. The Morgan fingerprint density at radius 3 is 0.967 bits per heavy atom. The van der Waals surface area contributed by atoms with Gasteiger partial charge in [0.1, 0.15) is 0 Å². The van der Waals surface area contributed by atoms with Crippen molar-refractivity contribution in [1.82, 2.24) is 0 Å².